The third kappa shape index (κ3) is 6.08. The van der Waals surface area contributed by atoms with E-state index in [0.717, 1.165) is 29.7 Å². The highest BCUT2D eigenvalue weighted by molar-refractivity contribution is 7.92. The minimum Gasteiger partial charge on any atom is -0.404 e. The standard InChI is InChI=1S/C21H16Cl2F3N3O2S2/c22-15-3-5-16(6-4-15)33(30,31)29-17-10-14(21(24,25)26)2-1-12(17)9-13(11-27)20(28)18-7-8-19(23)32-18/h1-8,10-11,28-29H,9,27H2/b13-11-,28-20?. The van der Waals surface area contributed by atoms with Crippen LogP contribution in [0.3, 0.4) is 0 Å². The summed E-state index contributed by atoms with van der Waals surface area (Å²) in [6, 6.07) is 11.1. The number of benzene rings is 2. The van der Waals surface area contributed by atoms with Gasteiger partial charge in [-0.05, 0) is 65.9 Å². The van der Waals surface area contributed by atoms with E-state index in [0.29, 0.717) is 20.3 Å². The van der Waals surface area contributed by atoms with Crippen LogP contribution in [0.2, 0.25) is 9.36 Å². The number of alkyl halides is 3. The van der Waals surface area contributed by atoms with E-state index in [2.05, 4.69) is 4.72 Å². The summed E-state index contributed by atoms with van der Waals surface area (Å²) in [6.45, 7) is 0. The van der Waals surface area contributed by atoms with Crippen molar-refractivity contribution in [3.8, 4) is 0 Å². The van der Waals surface area contributed by atoms with Gasteiger partial charge in [0.05, 0.1) is 31.1 Å². The molecular weight excluding hydrogens is 518 g/mol. The van der Waals surface area contributed by atoms with Gasteiger partial charge in [0.25, 0.3) is 10.0 Å². The number of hydrogen-bond donors (Lipinski definition) is 3. The van der Waals surface area contributed by atoms with E-state index in [-0.39, 0.29) is 33.9 Å². The summed E-state index contributed by atoms with van der Waals surface area (Å²) in [4.78, 5) is 0.331. The van der Waals surface area contributed by atoms with Gasteiger partial charge in [0.2, 0.25) is 0 Å². The second-order valence-corrected chi connectivity index (χ2v) is 10.6. The Morgan fingerprint density at radius 3 is 2.30 bits per heavy atom. The monoisotopic (exact) mass is 533 g/mol. The number of thiophene rings is 1. The zero-order valence-electron chi connectivity index (χ0n) is 16.6. The highest BCUT2D eigenvalue weighted by Gasteiger charge is 2.32. The maximum absolute atomic E-state index is 13.3. The van der Waals surface area contributed by atoms with E-state index in [1.54, 1.807) is 12.1 Å². The van der Waals surface area contributed by atoms with Crippen LogP contribution in [0.5, 0.6) is 0 Å². The van der Waals surface area contributed by atoms with Crippen LogP contribution in [0.1, 0.15) is 16.0 Å². The van der Waals surface area contributed by atoms with Gasteiger partial charge in [-0.25, -0.2) is 8.42 Å². The average Bonchev–Trinajstić information content (AvgIpc) is 3.18. The van der Waals surface area contributed by atoms with Gasteiger partial charge in [0, 0.05) is 11.4 Å². The van der Waals surface area contributed by atoms with Gasteiger partial charge in [-0.3, -0.25) is 10.1 Å². The fourth-order valence-corrected chi connectivity index (χ4v) is 5.11. The first-order chi connectivity index (χ1) is 15.4. The molecular formula is C21H16Cl2F3N3O2S2. The molecule has 12 heteroatoms. The zero-order chi connectivity index (χ0) is 24.4. The summed E-state index contributed by atoms with van der Waals surface area (Å²) in [5.41, 5.74) is 4.88. The quantitative estimate of drug-likeness (QED) is 0.309. The highest BCUT2D eigenvalue weighted by atomic mass is 35.5. The molecule has 0 unspecified atom stereocenters. The second kappa shape index (κ2) is 9.76. The summed E-state index contributed by atoms with van der Waals surface area (Å²) < 4.78 is 68.2. The number of nitrogens with two attached hydrogens (primary N) is 1. The van der Waals surface area contributed by atoms with Gasteiger partial charge in [-0.1, -0.05) is 29.3 Å². The molecule has 0 saturated heterocycles. The summed E-state index contributed by atoms with van der Waals surface area (Å²) in [5, 5.41) is 8.67. The van der Waals surface area contributed by atoms with Crippen LogP contribution in [0, 0.1) is 5.41 Å². The van der Waals surface area contributed by atoms with Crippen molar-refractivity contribution < 1.29 is 21.6 Å². The van der Waals surface area contributed by atoms with Crippen molar-refractivity contribution in [2.45, 2.75) is 17.5 Å². The van der Waals surface area contributed by atoms with Crippen molar-refractivity contribution in [1.29, 1.82) is 5.41 Å². The number of hydrogen-bond acceptors (Lipinski definition) is 5. The van der Waals surface area contributed by atoms with E-state index in [1.807, 2.05) is 0 Å². The van der Waals surface area contributed by atoms with Crippen LogP contribution in [-0.2, 0) is 22.6 Å². The number of nitrogens with one attached hydrogen (secondary N) is 2. The zero-order valence-corrected chi connectivity index (χ0v) is 19.7. The van der Waals surface area contributed by atoms with Crippen LogP contribution in [0.4, 0.5) is 18.9 Å². The summed E-state index contributed by atoms with van der Waals surface area (Å²) >= 11 is 12.8. The molecule has 0 atom stereocenters. The van der Waals surface area contributed by atoms with Gasteiger partial charge in [-0.15, -0.1) is 11.3 Å². The molecule has 0 saturated carbocycles. The molecule has 174 valence electrons. The topological polar surface area (TPSA) is 96.0 Å². The molecule has 0 aliphatic rings. The van der Waals surface area contributed by atoms with Crippen molar-refractivity contribution in [1.82, 2.24) is 0 Å². The van der Waals surface area contributed by atoms with Gasteiger partial charge in [0.15, 0.2) is 0 Å². The third-order valence-corrected chi connectivity index (χ3v) is 7.41. The fraction of sp³-hybridized carbons (Fsp3) is 0.0952. The van der Waals surface area contributed by atoms with Crippen molar-refractivity contribution in [2.75, 3.05) is 4.72 Å². The Kier molecular flexibility index (Phi) is 7.42. The van der Waals surface area contributed by atoms with E-state index in [4.69, 9.17) is 34.3 Å². The van der Waals surface area contributed by atoms with Crippen LogP contribution in [0.25, 0.3) is 0 Å². The van der Waals surface area contributed by atoms with Crippen molar-refractivity contribution >= 4 is 56.0 Å². The molecule has 1 aromatic heterocycles. The summed E-state index contributed by atoms with van der Waals surface area (Å²) in [6.07, 6.45) is -3.63. The first-order valence-corrected chi connectivity index (χ1v) is 12.2. The molecule has 0 bridgehead atoms. The van der Waals surface area contributed by atoms with Gasteiger partial charge in [0.1, 0.15) is 0 Å². The van der Waals surface area contributed by atoms with Gasteiger partial charge < -0.3 is 5.73 Å². The molecule has 0 fully saturated rings. The lowest BCUT2D eigenvalue weighted by molar-refractivity contribution is -0.137. The lowest BCUT2D eigenvalue weighted by Crippen LogP contribution is -2.16. The molecule has 0 aliphatic heterocycles. The molecule has 0 amide bonds. The van der Waals surface area contributed by atoms with E-state index in [9.17, 15) is 21.6 Å². The van der Waals surface area contributed by atoms with Crippen LogP contribution in [-0.4, -0.2) is 14.1 Å². The SMILES string of the molecule is N=C(/C(=C\N)Cc1ccc(C(F)(F)F)cc1NS(=O)(=O)c1ccc(Cl)cc1)c1ccc(Cl)s1. The Morgan fingerprint density at radius 1 is 1.09 bits per heavy atom. The third-order valence-electron chi connectivity index (χ3n) is 4.53. The summed E-state index contributed by atoms with van der Waals surface area (Å²) in [5.74, 6) is 0. The first kappa shape index (κ1) is 25.1. The molecule has 0 spiro atoms. The van der Waals surface area contributed by atoms with E-state index in [1.165, 1.54) is 24.3 Å². The van der Waals surface area contributed by atoms with Crippen LogP contribution < -0.4 is 10.5 Å². The van der Waals surface area contributed by atoms with Gasteiger partial charge >= 0.3 is 6.18 Å². The van der Waals surface area contributed by atoms with Crippen LogP contribution in [0.15, 0.2) is 71.3 Å². The maximum atomic E-state index is 13.3. The molecule has 4 N–H and O–H groups in total. The number of allylic oxidation sites excluding steroid dienone is 1. The second-order valence-electron chi connectivity index (χ2n) is 6.78. The number of rotatable bonds is 7. The average molecular weight is 534 g/mol. The van der Waals surface area contributed by atoms with E-state index >= 15 is 0 Å². The Balaban J connectivity index is 2.01. The molecule has 33 heavy (non-hydrogen) atoms. The maximum Gasteiger partial charge on any atom is 0.416 e. The molecule has 0 radical (unpaired) electrons. The lowest BCUT2D eigenvalue weighted by Gasteiger charge is -2.17. The van der Waals surface area contributed by atoms with Crippen LogP contribution >= 0.6 is 34.5 Å². The molecule has 1 heterocycles. The molecule has 2 aromatic carbocycles. The van der Waals surface area contributed by atoms with Gasteiger partial charge in [-0.2, -0.15) is 13.2 Å². The lowest BCUT2D eigenvalue weighted by atomic mass is 9.98. The smallest absolute Gasteiger partial charge is 0.404 e. The number of sulfonamides is 1. The molecule has 5 nitrogen and oxygen atoms in total. The molecule has 3 rings (SSSR count). The van der Waals surface area contributed by atoms with Crippen molar-refractivity contribution in [2.24, 2.45) is 5.73 Å². The predicted octanol–water partition coefficient (Wildman–Crippen LogP) is 6.33. The van der Waals surface area contributed by atoms with Crippen molar-refractivity contribution in [3.05, 3.63) is 91.7 Å². The molecule has 3 aromatic rings. The largest absolute Gasteiger partial charge is 0.416 e. The Morgan fingerprint density at radius 2 is 1.76 bits per heavy atom. The molecule has 0 aliphatic carbocycles. The number of anilines is 1. The first-order valence-electron chi connectivity index (χ1n) is 9.14. The Labute approximate surface area is 202 Å². The summed E-state index contributed by atoms with van der Waals surface area (Å²) in [7, 11) is -4.22. The number of halogens is 5. The highest BCUT2D eigenvalue weighted by Crippen LogP contribution is 2.34. The minimum absolute atomic E-state index is 0.0285. The normalized spacial score (nSPS) is 12.6. The predicted molar refractivity (Wildman–Crippen MR) is 126 cm³/mol. The fourth-order valence-electron chi connectivity index (χ4n) is 2.86. The Bertz CT molecular complexity index is 1320. The minimum atomic E-state index is -4.69. The Hall–Kier alpha value is -2.53. The van der Waals surface area contributed by atoms with E-state index < -0.39 is 21.8 Å². The van der Waals surface area contributed by atoms with Crippen molar-refractivity contribution in [3.63, 3.8) is 0 Å².